The van der Waals surface area contributed by atoms with Gasteiger partial charge in [-0.2, -0.15) is 0 Å². The molecule has 25 heavy (non-hydrogen) atoms. The predicted octanol–water partition coefficient (Wildman–Crippen LogP) is 1.87. The molecule has 1 amide bonds. The van der Waals surface area contributed by atoms with Gasteiger partial charge in [-0.3, -0.25) is 4.79 Å². The Morgan fingerprint density at radius 2 is 2.04 bits per heavy atom. The third-order valence-corrected chi connectivity index (χ3v) is 5.22. The normalized spacial score (nSPS) is 24.8. The molecule has 2 aliphatic heterocycles. The van der Waals surface area contributed by atoms with Crippen LogP contribution in [0.2, 0.25) is 0 Å². The van der Waals surface area contributed by atoms with Gasteiger partial charge in [-0.1, -0.05) is 29.8 Å². The van der Waals surface area contributed by atoms with Crippen molar-refractivity contribution in [3.05, 3.63) is 35.4 Å². The minimum Gasteiger partial charge on any atom is -0.373 e. The Morgan fingerprint density at radius 1 is 1.28 bits per heavy atom. The van der Waals surface area contributed by atoms with Crippen LogP contribution in [0.5, 0.6) is 0 Å². The predicted molar refractivity (Wildman–Crippen MR) is 99.5 cm³/mol. The zero-order valence-corrected chi connectivity index (χ0v) is 15.3. The summed E-state index contributed by atoms with van der Waals surface area (Å²) in [6.07, 6.45) is 2.76. The van der Waals surface area contributed by atoms with Crippen molar-refractivity contribution in [2.75, 3.05) is 45.9 Å². The highest BCUT2D eigenvalue weighted by Gasteiger charge is 2.32. The van der Waals surface area contributed by atoms with E-state index in [1.54, 1.807) is 0 Å². The second kappa shape index (κ2) is 9.32. The minimum absolute atomic E-state index is 0.0735. The summed E-state index contributed by atoms with van der Waals surface area (Å²) in [6, 6.07) is 8.37. The maximum absolute atomic E-state index is 12.7. The van der Waals surface area contributed by atoms with Crippen molar-refractivity contribution in [3.63, 3.8) is 0 Å². The molecule has 5 heteroatoms. The van der Waals surface area contributed by atoms with Gasteiger partial charge in [0.05, 0.1) is 12.0 Å². The van der Waals surface area contributed by atoms with Gasteiger partial charge in [-0.05, 0) is 38.3 Å². The van der Waals surface area contributed by atoms with Crippen LogP contribution in [0.25, 0.3) is 0 Å². The second-order valence-corrected chi connectivity index (χ2v) is 7.19. The summed E-state index contributed by atoms with van der Waals surface area (Å²) in [4.78, 5) is 15.1. The molecule has 1 aromatic carbocycles. The lowest BCUT2D eigenvalue weighted by Gasteiger charge is -2.31. The van der Waals surface area contributed by atoms with Crippen molar-refractivity contribution in [2.45, 2.75) is 32.3 Å². The summed E-state index contributed by atoms with van der Waals surface area (Å²) in [6.45, 7) is 9.00. The van der Waals surface area contributed by atoms with Crippen molar-refractivity contribution < 1.29 is 9.53 Å². The van der Waals surface area contributed by atoms with Gasteiger partial charge in [0.2, 0.25) is 5.91 Å². The molecule has 5 nitrogen and oxygen atoms in total. The molecule has 2 atom stereocenters. The largest absolute Gasteiger partial charge is 0.373 e. The van der Waals surface area contributed by atoms with Crippen molar-refractivity contribution >= 4 is 5.91 Å². The third-order valence-electron chi connectivity index (χ3n) is 5.22. The van der Waals surface area contributed by atoms with Gasteiger partial charge in [0.25, 0.3) is 0 Å². The first-order chi connectivity index (χ1) is 12.2. The number of hydrogen-bond donors (Lipinski definition) is 2. The second-order valence-electron chi connectivity index (χ2n) is 7.19. The minimum atomic E-state index is -0.109. The van der Waals surface area contributed by atoms with E-state index in [9.17, 15) is 4.79 Å². The molecule has 0 bridgehead atoms. The lowest BCUT2D eigenvalue weighted by Crippen LogP contribution is -2.44. The molecule has 2 heterocycles. The monoisotopic (exact) mass is 345 g/mol. The first-order valence-corrected chi connectivity index (χ1v) is 9.63. The van der Waals surface area contributed by atoms with Gasteiger partial charge in [0.1, 0.15) is 0 Å². The zero-order chi connectivity index (χ0) is 17.5. The van der Waals surface area contributed by atoms with E-state index in [1.807, 2.05) is 0 Å². The van der Waals surface area contributed by atoms with Crippen LogP contribution in [-0.4, -0.2) is 56.7 Å². The molecule has 2 N–H and O–H groups in total. The molecule has 3 rings (SSSR count). The van der Waals surface area contributed by atoms with E-state index < -0.39 is 0 Å². The number of rotatable bonds is 6. The number of nitrogens with zero attached hydrogens (tertiary/aromatic N) is 1. The van der Waals surface area contributed by atoms with E-state index in [4.69, 9.17) is 4.74 Å². The van der Waals surface area contributed by atoms with Gasteiger partial charge in [-0.15, -0.1) is 0 Å². The molecular formula is C20H31N3O2. The van der Waals surface area contributed by atoms with E-state index >= 15 is 0 Å². The molecular weight excluding hydrogens is 314 g/mol. The molecule has 0 spiro atoms. The summed E-state index contributed by atoms with van der Waals surface area (Å²) in [5, 5.41) is 6.51. The van der Waals surface area contributed by atoms with Crippen LogP contribution in [-0.2, 0) is 9.53 Å². The summed E-state index contributed by atoms with van der Waals surface area (Å²) < 4.78 is 5.96. The summed E-state index contributed by atoms with van der Waals surface area (Å²) in [7, 11) is 0. The van der Waals surface area contributed by atoms with Crippen molar-refractivity contribution in [1.29, 1.82) is 0 Å². The van der Waals surface area contributed by atoms with Crippen LogP contribution in [0, 0.1) is 12.8 Å². The van der Waals surface area contributed by atoms with Crippen LogP contribution in [0.1, 0.15) is 36.5 Å². The first kappa shape index (κ1) is 18.4. The molecule has 1 aromatic rings. The fourth-order valence-electron chi connectivity index (χ4n) is 3.71. The molecule has 0 aliphatic carbocycles. The van der Waals surface area contributed by atoms with Gasteiger partial charge in [-0.25, -0.2) is 0 Å². The highest BCUT2D eigenvalue weighted by atomic mass is 16.5. The Morgan fingerprint density at radius 3 is 2.80 bits per heavy atom. The van der Waals surface area contributed by atoms with E-state index in [1.165, 1.54) is 5.56 Å². The van der Waals surface area contributed by atoms with Gasteiger partial charge in [0.15, 0.2) is 0 Å². The number of hydrogen-bond acceptors (Lipinski definition) is 4. The SMILES string of the molecule is Cc1ccc(C2OCCCC2C(=O)NCCCN2CCNCC2)cc1. The average Bonchev–Trinajstić information content (AvgIpc) is 2.66. The molecule has 0 radical (unpaired) electrons. The Kier molecular flexibility index (Phi) is 6.84. The maximum atomic E-state index is 12.7. The Labute approximate surface area is 151 Å². The summed E-state index contributed by atoms with van der Waals surface area (Å²) in [5.74, 6) is 0.0706. The number of piperazine rings is 1. The maximum Gasteiger partial charge on any atom is 0.226 e. The molecule has 2 fully saturated rings. The van der Waals surface area contributed by atoms with Crippen molar-refractivity contribution in [3.8, 4) is 0 Å². The number of benzene rings is 1. The van der Waals surface area contributed by atoms with Crippen LogP contribution in [0.4, 0.5) is 0 Å². The first-order valence-electron chi connectivity index (χ1n) is 9.63. The number of amides is 1. The van der Waals surface area contributed by atoms with Crippen LogP contribution >= 0.6 is 0 Å². The molecule has 2 unspecified atom stereocenters. The van der Waals surface area contributed by atoms with Gasteiger partial charge in [0, 0.05) is 39.3 Å². The number of ether oxygens (including phenoxy) is 1. The number of nitrogens with one attached hydrogen (secondary N) is 2. The fourth-order valence-corrected chi connectivity index (χ4v) is 3.71. The smallest absolute Gasteiger partial charge is 0.226 e. The molecule has 2 aliphatic rings. The molecule has 2 saturated heterocycles. The quantitative estimate of drug-likeness (QED) is 0.773. The summed E-state index contributed by atoms with van der Waals surface area (Å²) >= 11 is 0. The standard InChI is InChI=1S/C20H31N3O2/c1-16-5-7-17(8-6-16)19-18(4-2-15-25-19)20(24)22-9-3-12-23-13-10-21-11-14-23/h5-8,18-19,21H,2-4,9-15H2,1H3,(H,22,24). The molecule has 138 valence electrons. The summed E-state index contributed by atoms with van der Waals surface area (Å²) in [5.41, 5.74) is 2.35. The van der Waals surface area contributed by atoms with Gasteiger partial charge >= 0.3 is 0 Å². The number of carbonyl (C=O) groups is 1. The Hall–Kier alpha value is -1.43. The van der Waals surface area contributed by atoms with Crippen LogP contribution in [0.15, 0.2) is 24.3 Å². The third kappa shape index (κ3) is 5.27. The van der Waals surface area contributed by atoms with Crippen molar-refractivity contribution in [2.24, 2.45) is 5.92 Å². The Bertz CT molecular complexity index is 540. The topological polar surface area (TPSA) is 53.6 Å². The number of carbonyl (C=O) groups excluding carboxylic acids is 1. The zero-order valence-electron chi connectivity index (χ0n) is 15.3. The molecule has 0 aromatic heterocycles. The molecule has 0 saturated carbocycles. The fraction of sp³-hybridized carbons (Fsp3) is 0.650. The highest BCUT2D eigenvalue weighted by molar-refractivity contribution is 5.79. The van der Waals surface area contributed by atoms with Crippen LogP contribution < -0.4 is 10.6 Å². The average molecular weight is 345 g/mol. The lowest BCUT2D eigenvalue weighted by molar-refractivity contribution is -0.134. The van der Waals surface area contributed by atoms with Crippen LogP contribution in [0.3, 0.4) is 0 Å². The van der Waals surface area contributed by atoms with E-state index in [-0.39, 0.29) is 17.9 Å². The van der Waals surface area contributed by atoms with Crippen molar-refractivity contribution in [1.82, 2.24) is 15.5 Å². The van der Waals surface area contributed by atoms with E-state index in [0.717, 1.165) is 70.7 Å². The van der Waals surface area contributed by atoms with E-state index in [2.05, 4.69) is 46.7 Å². The Balaban J connectivity index is 1.47. The number of aryl methyl sites for hydroxylation is 1. The van der Waals surface area contributed by atoms with E-state index in [0.29, 0.717) is 0 Å². The highest BCUT2D eigenvalue weighted by Crippen LogP contribution is 2.33. The van der Waals surface area contributed by atoms with Gasteiger partial charge < -0.3 is 20.3 Å². The lowest BCUT2D eigenvalue weighted by atomic mass is 9.88.